The SMILES string of the molecule is NC1=Cc2c(oc3ccccc23)CC1. The van der Waals surface area contributed by atoms with Gasteiger partial charge in [0.25, 0.3) is 0 Å². The summed E-state index contributed by atoms with van der Waals surface area (Å²) in [6.45, 7) is 0. The zero-order valence-electron chi connectivity index (χ0n) is 7.79. The van der Waals surface area contributed by atoms with Crippen LogP contribution < -0.4 is 5.73 Å². The lowest BCUT2D eigenvalue weighted by Gasteiger charge is -2.07. The fraction of sp³-hybridized carbons (Fsp3) is 0.167. The molecule has 70 valence electrons. The molecule has 1 aromatic heterocycles. The van der Waals surface area contributed by atoms with Crippen molar-refractivity contribution >= 4 is 17.0 Å². The Morgan fingerprint density at radius 1 is 1.14 bits per heavy atom. The Kier molecular flexibility index (Phi) is 1.45. The van der Waals surface area contributed by atoms with Crippen LogP contribution >= 0.6 is 0 Å². The van der Waals surface area contributed by atoms with Crippen molar-refractivity contribution in [1.82, 2.24) is 0 Å². The van der Waals surface area contributed by atoms with Crippen molar-refractivity contribution < 1.29 is 4.42 Å². The maximum absolute atomic E-state index is 5.82. The summed E-state index contributed by atoms with van der Waals surface area (Å²) < 4.78 is 5.74. The second-order valence-corrected chi connectivity index (χ2v) is 3.65. The van der Waals surface area contributed by atoms with Crippen LogP contribution in [0.2, 0.25) is 0 Å². The van der Waals surface area contributed by atoms with Crippen molar-refractivity contribution in [2.75, 3.05) is 0 Å². The second kappa shape index (κ2) is 2.64. The standard InChI is InChI=1S/C12H11NO/c13-8-5-6-12-10(7-8)9-3-1-2-4-11(9)14-12/h1-4,7H,5-6,13H2. The first-order chi connectivity index (χ1) is 6.84. The van der Waals surface area contributed by atoms with Gasteiger partial charge in [-0.25, -0.2) is 0 Å². The smallest absolute Gasteiger partial charge is 0.134 e. The topological polar surface area (TPSA) is 39.2 Å². The molecular formula is C12H11NO. The minimum Gasteiger partial charge on any atom is -0.460 e. The van der Waals surface area contributed by atoms with Crippen LogP contribution in [0.25, 0.3) is 17.0 Å². The molecule has 2 heteroatoms. The predicted molar refractivity (Wildman–Crippen MR) is 56.7 cm³/mol. The summed E-state index contributed by atoms with van der Waals surface area (Å²) in [5, 5.41) is 1.17. The van der Waals surface area contributed by atoms with Gasteiger partial charge in [-0.05, 0) is 18.6 Å². The Balaban J connectivity index is 2.37. The first-order valence-corrected chi connectivity index (χ1v) is 4.81. The van der Waals surface area contributed by atoms with Gasteiger partial charge in [-0.3, -0.25) is 0 Å². The van der Waals surface area contributed by atoms with E-state index in [1.807, 2.05) is 24.3 Å². The van der Waals surface area contributed by atoms with Crippen molar-refractivity contribution in [2.24, 2.45) is 5.73 Å². The van der Waals surface area contributed by atoms with E-state index in [1.54, 1.807) is 0 Å². The number of rotatable bonds is 0. The van der Waals surface area contributed by atoms with E-state index in [0.717, 1.165) is 29.9 Å². The molecule has 0 saturated heterocycles. The summed E-state index contributed by atoms with van der Waals surface area (Å²) in [7, 11) is 0. The molecule has 0 saturated carbocycles. The normalized spacial score (nSPS) is 15.3. The summed E-state index contributed by atoms with van der Waals surface area (Å²) in [4.78, 5) is 0. The lowest BCUT2D eigenvalue weighted by molar-refractivity contribution is 0.542. The molecule has 2 nitrogen and oxygen atoms in total. The zero-order valence-corrected chi connectivity index (χ0v) is 7.79. The summed E-state index contributed by atoms with van der Waals surface area (Å²) in [5.74, 6) is 1.07. The van der Waals surface area contributed by atoms with Crippen molar-refractivity contribution in [3.63, 3.8) is 0 Å². The fourth-order valence-corrected chi connectivity index (χ4v) is 1.98. The van der Waals surface area contributed by atoms with Gasteiger partial charge >= 0.3 is 0 Å². The van der Waals surface area contributed by atoms with E-state index < -0.39 is 0 Å². The Bertz CT molecular complexity index is 522. The molecule has 3 rings (SSSR count). The maximum Gasteiger partial charge on any atom is 0.134 e. The average molecular weight is 185 g/mol. The number of benzene rings is 1. The lowest BCUT2D eigenvalue weighted by atomic mass is 10.0. The molecule has 0 fully saturated rings. The van der Waals surface area contributed by atoms with Crippen molar-refractivity contribution in [2.45, 2.75) is 12.8 Å². The molecule has 0 atom stereocenters. The second-order valence-electron chi connectivity index (χ2n) is 3.65. The van der Waals surface area contributed by atoms with E-state index in [2.05, 4.69) is 6.07 Å². The van der Waals surface area contributed by atoms with Crippen LogP contribution in [0.3, 0.4) is 0 Å². The third kappa shape index (κ3) is 0.970. The van der Waals surface area contributed by atoms with E-state index in [9.17, 15) is 0 Å². The fourth-order valence-electron chi connectivity index (χ4n) is 1.98. The summed E-state index contributed by atoms with van der Waals surface area (Å²) >= 11 is 0. The van der Waals surface area contributed by atoms with Gasteiger partial charge in [0, 0.05) is 23.1 Å². The van der Waals surface area contributed by atoms with Crippen LogP contribution in [0.15, 0.2) is 34.4 Å². The largest absolute Gasteiger partial charge is 0.460 e. The quantitative estimate of drug-likeness (QED) is 0.685. The number of para-hydroxylation sites is 1. The Morgan fingerprint density at radius 2 is 2.00 bits per heavy atom. The monoisotopic (exact) mass is 185 g/mol. The van der Waals surface area contributed by atoms with Gasteiger partial charge in [0.15, 0.2) is 0 Å². The van der Waals surface area contributed by atoms with E-state index in [-0.39, 0.29) is 0 Å². The minimum atomic E-state index is 0.910. The van der Waals surface area contributed by atoms with E-state index in [0.29, 0.717) is 0 Å². The molecule has 0 bridgehead atoms. The molecule has 0 aliphatic heterocycles. The highest BCUT2D eigenvalue weighted by Crippen LogP contribution is 2.31. The molecule has 0 radical (unpaired) electrons. The number of hydrogen-bond donors (Lipinski definition) is 1. The molecule has 0 amide bonds. The number of fused-ring (bicyclic) bond motifs is 3. The number of hydrogen-bond acceptors (Lipinski definition) is 2. The minimum absolute atomic E-state index is 0.910. The zero-order chi connectivity index (χ0) is 9.54. The third-order valence-corrected chi connectivity index (χ3v) is 2.68. The molecule has 1 aliphatic carbocycles. The summed E-state index contributed by atoms with van der Waals surface area (Å²) in [6, 6.07) is 8.09. The van der Waals surface area contributed by atoms with Gasteiger partial charge in [-0.2, -0.15) is 0 Å². The van der Waals surface area contributed by atoms with Crippen molar-refractivity contribution in [1.29, 1.82) is 0 Å². The van der Waals surface area contributed by atoms with Crippen LogP contribution in [0.1, 0.15) is 17.7 Å². The van der Waals surface area contributed by atoms with Crippen LogP contribution in [0.5, 0.6) is 0 Å². The average Bonchev–Trinajstić information content (AvgIpc) is 2.56. The highest BCUT2D eigenvalue weighted by atomic mass is 16.3. The summed E-state index contributed by atoms with van der Waals surface area (Å²) in [6.07, 6.45) is 3.86. The van der Waals surface area contributed by atoms with Gasteiger partial charge in [-0.15, -0.1) is 0 Å². The lowest BCUT2D eigenvalue weighted by Crippen LogP contribution is -2.03. The van der Waals surface area contributed by atoms with Crippen molar-refractivity contribution in [3.8, 4) is 0 Å². The van der Waals surface area contributed by atoms with Gasteiger partial charge in [0.05, 0.1) is 0 Å². The molecule has 1 heterocycles. The van der Waals surface area contributed by atoms with Gasteiger partial charge in [0.1, 0.15) is 11.3 Å². The van der Waals surface area contributed by atoms with E-state index in [4.69, 9.17) is 10.2 Å². The molecule has 0 unspecified atom stereocenters. The van der Waals surface area contributed by atoms with Gasteiger partial charge in [-0.1, -0.05) is 18.2 Å². The van der Waals surface area contributed by atoms with Gasteiger partial charge < -0.3 is 10.2 Å². The van der Waals surface area contributed by atoms with Crippen LogP contribution in [0.4, 0.5) is 0 Å². The number of aryl methyl sites for hydroxylation is 1. The molecular weight excluding hydrogens is 174 g/mol. The molecule has 1 aliphatic rings. The maximum atomic E-state index is 5.82. The van der Waals surface area contributed by atoms with Crippen LogP contribution in [0, 0.1) is 0 Å². The Morgan fingerprint density at radius 3 is 2.93 bits per heavy atom. The number of allylic oxidation sites excluding steroid dienone is 1. The highest BCUT2D eigenvalue weighted by molar-refractivity contribution is 5.89. The first-order valence-electron chi connectivity index (χ1n) is 4.81. The third-order valence-electron chi connectivity index (χ3n) is 2.68. The molecule has 0 spiro atoms. The number of nitrogens with two attached hydrogens (primary N) is 1. The molecule has 2 N–H and O–H groups in total. The van der Waals surface area contributed by atoms with Crippen LogP contribution in [-0.2, 0) is 6.42 Å². The van der Waals surface area contributed by atoms with Crippen LogP contribution in [-0.4, -0.2) is 0 Å². The molecule has 14 heavy (non-hydrogen) atoms. The van der Waals surface area contributed by atoms with Crippen molar-refractivity contribution in [3.05, 3.63) is 41.3 Å². The molecule has 1 aromatic carbocycles. The predicted octanol–water partition coefficient (Wildman–Crippen LogP) is 2.68. The number of furan rings is 1. The van der Waals surface area contributed by atoms with E-state index >= 15 is 0 Å². The highest BCUT2D eigenvalue weighted by Gasteiger charge is 2.15. The van der Waals surface area contributed by atoms with E-state index in [1.165, 1.54) is 10.9 Å². The first kappa shape index (κ1) is 7.68. The Hall–Kier alpha value is -1.70. The molecule has 2 aromatic rings. The van der Waals surface area contributed by atoms with Gasteiger partial charge in [0.2, 0.25) is 0 Å². The Labute approximate surface area is 82.0 Å². The summed E-state index contributed by atoms with van der Waals surface area (Å²) in [5.41, 5.74) is 8.90.